The molecule has 0 radical (unpaired) electrons. The van der Waals surface area contributed by atoms with E-state index in [-0.39, 0.29) is 18.3 Å². The number of carbonyl (C=O) groups is 1. The molecule has 0 saturated heterocycles. The summed E-state index contributed by atoms with van der Waals surface area (Å²) in [4.78, 5) is 10.6. The number of aliphatic carboxylic acids is 1. The smallest absolute Gasteiger partial charge is 0.304 e. The minimum absolute atomic E-state index is 0.0606. The number of halogens is 1. The third-order valence-electron chi connectivity index (χ3n) is 6.22. The van der Waals surface area contributed by atoms with Crippen molar-refractivity contribution in [2.75, 3.05) is 6.54 Å². The molecule has 0 aromatic heterocycles. The van der Waals surface area contributed by atoms with E-state index in [4.69, 9.17) is 9.84 Å². The Morgan fingerprint density at radius 1 is 1.13 bits per heavy atom. The van der Waals surface area contributed by atoms with Gasteiger partial charge in [0.2, 0.25) is 0 Å². The van der Waals surface area contributed by atoms with Crippen molar-refractivity contribution in [1.29, 1.82) is 0 Å². The molecule has 0 bridgehead atoms. The van der Waals surface area contributed by atoms with Gasteiger partial charge in [-0.3, -0.25) is 4.79 Å². The van der Waals surface area contributed by atoms with Crippen LogP contribution in [0, 0.1) is 17.2 Å². The first-order chi connectivity index (χ1) is 14.7. The first-order valence-electron chi connectivity index (χ1n) is 11.2. The molecule has 0 aliphatic heterocycles. The highest BCUT2D eigenvalue weighted by Gasteiger charge is 2.30. The van der Waals surface area contributed by atoms with Crippen LogP contribution in [0.4, 0.5) is 4.39 Å². The van der Waals surface area contributed by atoms with Crippen molar-refractivity contribution in [1.82, 2.24) is 5.32 Å². The van der Waals surface area contributed by atoms with Crippen LogP contribution >= 0.6 is 0 Å². The Bertz CT molecular complexity index is 882. The number of benzene rings is 2. The SMILES string of the molecule is CC(C)(C)C1CCC(Oc2cccc(-c3cc(CNCCC(=O)O)ccc3F)c2)CC1. The van der Waals surface area contributed by atoms with Gasteiger partial charge < -0.3 is 15.2 Å². The van der Waals surface area contributed by atoms with E-state index >= 15 is 0 Å². The molecule has 0 heterocycles. The summed E-state index contributed by atoms with van der Waals surface area (Å²) in [6.07, 6.45) is 4.74. The van der Waals surface area contributed by atoms with E-state index in [0.717, 1.165) is 35.6 Å². The van der Waals surface area contributed by atoms with Crippen molar-refractivity contribution in [3.63, 3.8) is 0 Å². The fourth-order valence-corrected chi connectivity index (χ4v) is 4.31. The van der Waals surface area contributed by atoms with Crippen LogP contribution in [0.5, 0.6) is 5.75 Å². The van der Waals surface area contributed by atoms with Crippen molar-refractivity contribution in [3.05, 3.63) is 53.8 Å². The van der Waals surface area contributed by atoms with Crippen molar-refractivity contribution in [2.45, 2.75) is 65.5 Å². The molecule has 3 rings (SSSR count). The molecule has 2 N–H and O–H groups in total. The highest BCUT2D eigenvalue weighted by Crippen LogP contribution is 2.39. The van der Waals surface area contributed by atoms with Crippen LogP contribution in [0.25, 0.3) is 11.1 Å². The average Bonchev–Trinajstić information content (AvgIpc) is 2.72. The molecule has 0 atom stereocenters. The lowest BCUT2D eigenvalue weighted by atomic mass is 9.72. The summed E-state index contributed by atoms with van der Waals surface area (Å²) >= 11 is 0. The molecule has 1 saturated carbocycles. The van der Waals surface area contributed by atoms with Crippen LogP contribution in [0.2, 0.25) is 0 Å². The van der Waals surface area contributed by atoms with Crippen LogP contribution in [0.3, 0.4) is 0 Å². The maximum Gasteiger partial charge on any atom is 0.304 e. The summed E-state index contributed by atoms with van der Waals surface area (Å²) < 4.78 is 20.8. The van der Waals surface area contributed by atoms with E-state index in [1.54, 1.807) is 6.07 Å². The van der Waals surface area contributed by atoms with Crippen molar-refractivity contribution >= 4 is 5.97 Å². The number of carboxylic acids is 1. The van der Waals surface area contributed by atoms with Gasteiger partial charge in [0.05, 0.1) is 12.5 Å². The molecule has 0 unspecified atom stereocenters. The average molecular weight is 428 g/mol. The summed E-state index contributed by atoms with van der Waals surface area (Å²) in [5.41, 5.74) is 2.56. The Kier molecular flexibility index (Phi) is 7.71. The molecule has 2 aromatic rings. The zero-order chi connectivity index (χ0) is 22.4. The summed E-state index contributed by atoms with van der Waals surface area (Å²) in [5.74, 6) is 0.397. The van der Waals surface area contributed by atoms with Gasteiger partial charge in [0.15, 0.2) is 0 Å². The van der Waals surface area contributed by atoms with E-state index in [2.05, 4.69) is 26.1 Å². The van der Waals surface area contributed by atoms with E-state index in [9.17, 15) is 9.18 Å². The van der Waals surface area contributed by atoms with Gasteiger partial charge in [-0.2, -0.15) is 0 Å². The number of hydrogen-bond acceptors (Lipinski definition) is 3. The molecule has 168 valence electrons. The molecule has 0 spiro atoms. The van der Waals surface area contributed by atoms with Crippen LogP contribution in [-0.4, -0.2) is 23.7 Å². The second kappa shape index (κ2) is 10.3. The lowest BCUT2D eigenvalue weighted by Gasteiger charge is -2.37. The van der Waals surface area contributed by atoms with Gasteiger partial charge in [0.1, 0.15) is 11.6 Å². The molecule has 4 nitrogen and oxygen atoms in total. The summed E-state index contributed by atoms with van der Waals surface area (Å²) in [5, 5.41) is 11.8. The standard InChI is InChI=1S/C26H34FNO3/c1-26(2,3)20-8-10-21(11-9-20)31-22-6-4-5-19(16-22)23-15-18(7-12-24(23)27)17-28-14-13-25(29)30/h4-7,12,15-16,20-21,28H,8-11,13-14,17H2,1-3H3,(H,29,30). The zero-order valence-corrected chi connectivity index (χ0v) is 18.8. The van der Waals surface area contributed by atoms with Crippen LogP contribution in [0.15, 0.2) is 42.5 Å². The Hall–Kier alpha value is -2.40. The Morgan fingerprint density at radius 3 is 2.55 bits per heavy atom. The first kappa shape index (κ1) is 23.3. The summed E-state index contributed by atoms with van der Waals surface area (Å²) in [7, 11) is 0. The third-order valence-corrected chi connectivity index (χ3v) is 6.22. The van der Waals surface area contributed by atoms with Gasteiger partial charge >= 0.3 is 5.97 Å². The highest BCUT2D eigenvalue weighted by atomic mass is 19.1. The van der Waals surface area contributed by atoms with E-state index < -0.39 is 5.97 Å². The molecular formula is C26H34FNO3. The quantitative estimate of drug-likeness (QED) is 0.504. The maximum atomic E-state index is 14.6. The monoisotopic (exact) mass is 427 g/mol. The minimum atomic E-state index is -0.837. The van der Waals surface area contributed by atoms with Gasteiger partial charge in [0.25, 0.3) is 0 Å². The molecule has 31 heavy (non-hydrogen) atoms. The second-order valence-corrected chi connectivity index (χ2v) is 9.62. The topological polar surface area (TPSA) is 58.6 Å². The number of rotatable bonds is 8. The maximum absolute atomic E-state index is 14.6. The molecule has 2 aromatic carbocycles. The van der Waals surface area contributed by atoms with Gasteiger partial charge in [-0.15, -0.1) is 0 Å². The van der Waals surface area contributed by atoms with Crippen molar-refractivity contribution in [2.24, 2.45) is 11.3 Å². The first-order valence-corrected chi connectivity index (χ1v) is 11.2. The van der Waals surface area contributed by atoms with E-state index in [1.807, 2.05) is 30.3 Å². The number of hydrogen-bond donors (Lipinski definition) is 2. The number of carboxylic acid groups (broad SMARTS) is 1. The van der Waals surface area contributed by atoms with E-state index in [1.165, 1.54) is 18.9 Å². The van der Waals surface area contributed by atoms with Crippen LogP contribution in [-0.2, 0) is 11.3 Å². The number of ether oxygens (including phenoxy) is 1. The second-order valence-electron chi connectivity index (χ2n) is 9.62. The molecular weight excluding hydrogens is 393 g/mol. The predicted molar refractivity (Wildman–Crippen MR) is 122 cm³/mol. The largest absolute Gasteiger partial charge is 0.490 e. The molecule has 1 fully saturated rings. The Morgan fingerprint density at radius 2 is 1.87 bits per heavy atom. The minimum Gasteiger partial charge on any atom is -0.490 e. The molecule has 1 aliphatic rings. The fraction of sp³-hybridized carbons (Fsp3) is 0.500. The molecule has 1 aliphatic carbocycles. The Balaban J connectivity index is 1.64. The molecule has 5 heteroatoms. The van der Waals surface area contributed by atoms with Gasteiger partial charge in [-0.1, -0.05) is 39.0 Å². The van der Waals surface area contributed by atoms with Crippen LogP contribution in [0.1, 0.15) is 58.4 Å². The van der Waals surface area contributed by atoms with Gasteiger partial charge in [-0.05, 0) is 72.4 Å². The summed E-state index contributed by atoms with van der Waals surface area (Å²) in [6.45, 7) is 7.81. The lowest BCUT2D eigenvalue weighted by Crippen LogP contribution is -2.30. The molecule has 0 amide bonds. The summed E-state index contributed by atoms with van der Waals surface area (Å²) in [6, 6.07) is 12.7. The van der Waals surface area contributed by atoms with Crippen molar-refractivity contribution in [3.8, 4) is 16.9 Å². The fourth-order valence-electron chi connectivity index (χ4n) is 4.31. The highest BCUT2D eigenvalue weighted by molar-refractivity contribution is 5.67. The zero-order valence-electron chi connectivity index (χ0n) is 18.8. The van der Waals surface area contributed by atoms with Gasteiger partial charge in [-0.25, -0.2) is 4.39 Å². The normalized spacial score (nSPS) is 19.2. The predicted octanol–water partition coefficient (Wildman–Crippen LogP) is 6.04. The Labute approximate surface area is 184 Å². The van der Waals surface area contributed by atoms with Crippen LogP contribution < -0.4 is 10.1 Å². The van der Waals surface area contributed by atoms with Crippen molar-refractivity contribution < 1.29 is 19.0 Å². The van der Waals surface area contributed by atoms with Gasteiger partial charge in [0, 0.05) is 18.7 Å². The third kappa shape index (κ3) is 6.79. The lowest BCUT2D eigenvalue weighted by molar-refractivity contribution is -0.136. The van der Waals surface area contributed by atoms with E-state index in [0.29, 0.717) is 24.1 Å². The number of nitrogens with one attached hydrogen (secondary N) is 1.